The molecule has 0 bridgehead atoms. The molecular formula is C32H33N5O2. The van der Waals surface area contributed by atoms with E-state index in [2.05, 4.69) is 46.5 Å². The van der Waals surface area contributed by atoms with Crippen molar-refractivity contribution in [3.05, 3.63) is 84.4 Å². The monoisotopic (exact) mass is 519 g/mol. The second-order valence-corrected chi connectivity index (χ2v) is 11.4. The smallest absolute Gasteiger partial charge is 0.410 e. The highest BCUT2D eigenvalue weighted by Crippen LogP contribution is 2.33. The largest absolute Gasteiger partial charge is 0.444 e. The lowest BCUT2D eigenvalue weighted by atomic mass is 9.89. The average molecular weight is 520 g/mol. The third-order valence-corrected chi connectivity index (χ3v) is 7.35. The highest BCUT2D eigenvalue weighted by atomic mass is 16.6. The van der Waals surface area contributed by atoms with Crippen molar-refractivity contribution in [1.29, 1.82) is 0 Å². The maximum Gasteiger partial charge on any atom is 0.410 e. The average Bonchev–Trinajstić information content (AvgIpc) is 3.35. The van der Waals surface area contributed by atoms with Crippen molar-refractivity contribution < 1.29 is 9.53 Å². The molecule has 0 unspecified atom stereocenters. The number of aryl methyl sites for hydroxylation is 1. The van der Waals surface area contributed by atoms with Gasteiger partial charge in [-0.25, -0.2) is 14.3 Å². The number of aromatic nitrogens is 4. The van der Waals surface area contributed by atoms with Crippen LogP contribution in [-0.2, 0) is 4.74 Å². The number of carbonyl (C=O) groups is 1. The first-order valence-corrected chi connectivity index (χ1v) is 13.5. The fourth-order valence-corrected chi connectivity index (χ4v) is 5.41. The molecule has 4 heterocycles. The van der Waals surface area contributed by atoms with E-state index in [1.165, 1.54) is 5.56 Å². The minimum atomic E-state index is -0.466. The highest BCUT2D eigenvalue weighted by molar-refractivity contribution is 5.98. The van der Waals surface area contributed by atoms with Gasteiger partial charge < -0.3 is 9.64 Å². The molecule has 3 aromatic heterocycles. The molecule has 1 aliphatic heterocycles. The summed E-state index contributed by atoms with van der Waals surface area (Å²) in [5, 5.41) is 5.74. The maximum absolute atomic E-state index is 12.4. The van der Waals surface area contributed by atoms with Gasteiger partial charge in [0.05, 0.1) is 11.7 Å². The van der Waals surface area contributed by atoms with Crippen molar-refractivity contribution in [2.75, 3.05) is 13.1 Å². The number of hydrogen-bond donors (Lipinski definition) is 0. The third kappa shape index (κ3) is 5.09. The highest BCUT2D eigenvalue weighted by Gasteiger charge is 2.27. The maximum atomic E-state index is 12.4. The third-order valence-electron chi connectivity index (χ3n) is 7.35. The van der Waals surface area contributed by atoms with Gasteiger partial charge in [0, 0.05) is 47.7 Å². The standard InChI is InChI=1S/C32H33N5O2/c1-21-17-27(26-7-5-6-8-29(26)35-21)28-19-34-37-20-25(18-33-30(28)37)23-11-9-22(10-12-23)24-13-15-36(16-14-24)31(38)39-32(2,3)4/h5-12,17-20,24H,13-16H2,1-4H3. The Labute approximate surface area is 228 Å². The lowest BCUT2D eigenvalue weighted by Gasteiger charge is -2.33. The lowest BCUT2D eigenvalue weighted by molar-refractivity contribution is 0.0205. The van der Waals surface area contributed by atoms with Crippen LogP contribution >= 0.6 is 0 Å². The molecule has 1 amide bonds. The lowest BCUT2D eigenvalue weighted by Crippen LogP contribution is -2.41. The van der Waals surface area contributed by atoms with E-state index in [1.807, 2.05) is 73.9 Å². The number of piperidine rings is 1. The number of benzene rings is 2. The van der Waals surface area contributed by atoms with Gasteiger partial charge in [-0.05, 0) is 75.3 Å². The Balaban J connectivity index is 1.20. The number of amides is 1. The summed E-state index contributed by atoms with van der Waals surface area (Å²) in [6.45, 7) is 9.16. The van der Waals surface area contributed by atoms with E-state index in [4.69, 9.17) is 9.72 Å². The van der Waals surface area contributed by atoms with Gasteiger partial charge in [0.1, 0.15) is 5.60 Å². The summed E-state index contributed by atoms with van der Waals surface area (Å²) in [6, 6.07) is 19.0. The number of likely N-dealkylation sites (tertiary alicyclic amines) is 1. The molecule has 5 aromatic rings. The second-order valence-electron chi connectivity index (χ2n) is 11.4. The second kappa shape index (κ2) is 9.80. The first-order valence-electron chi connectivity index (χ1n) is 13.5. The van der Waals surface area contributed by atoms with Crippen LogP contribution < -0.4 is 0 Å². The first-order chi connectivity index (χ1) is 18.7. The van der Waals surface area contributed by atoms with Crippen LogP contribution in [-0.4, -0.2) is 49.3 Å². The Kier molecular flexibility index (Phi) is 6.29. The van der Waals surface area contributed by atoms with Crippen LogP contribution in [0.25, 0.3) is 38.8 Å². The van der Waals surface area contributed by atoms with E-state index in [-0.39, 0.29) is 6.09 Å². The first kappa shape index (κ1) is 25.0. The zero-order valence-corrected chi connectivity index (χ0v) is 22.9. The van der Waals surface area contributed by atoms with Crippen LogP contribution in [0.4, 0.5) is 4.79 Å². The number of fused-ring (bicyclic) bond motifs is 2. The Morgan fingerprint density at radius 3 is 2.44 bits per heavy atom. The topological polar surface area (TPSA) is 72.6 Å². The number of carbonyl (C=O) groups excluding carboxylic acids is 1. The van der Waals surface area contributed by atoms with Gasteiger partial charge in [-0.1, -0.05) is 42.5 Å². The van der Waals surface area contributed by atoms with Gasteiger partial charge in [0.2, 0.25) is 0 Å². The molecule has 7 heteroatoms. The number of pyridine rings is 1. The summed E-state index contributed by atoms with van der Waals surface area (Å²) >= 11 is 0. The molecule has 0 atom stereocenters. The van der Waals surface area contributed by atoms with E-state index in [0.717, 1.165) is 70.4 Å². The van der Waals surface area contributed by atoms with Crippen molar-refractivity contribution in [2.24, 2.45) is 0 Å². The van der Waals surface area contributed by atoms with Gasteiger partial charge in [0.25, 0.3) is 0 Å². The summed E-state index contributed by atoms with van der Waals surface area (Å²) in [4.78, 5) is 23.7. The quantitative estimate of drug-likeness (QED) is 0.256. The molecule has 0 aliphatic carbocycles. The molecule has 1 fully saturated rings. The van der Waals surface area contributed by atoms with Gasteiger partial charge in [-0.15, -0.1) is 0 Å². The van der Waals surface area contributed by atoms with Crippen molar-refractivity contribution in [3.8, 4) is 22.3 Å². The van der Waals surface area contributed by atoms with Gasteiger partial charge in [-0.3, -0.25) is 4.98 Å². The van der Waals surface area contributed by atoms with Gasteiger partial charge in [-0.2, -0.15) is 5.10 Å². The van der Waals surface area contributed by atoms with Crippen LogP contribution in [0.2, 0.25) is 0 Å². The minimum absolute atomic E-state index is 0.215. The number of rotatable bonds is 3. The summed E-state index contributed by atoms with van der Waals surface area (Å²) in [6.07, 6.45) is 7.51. The molecule has 0 N–H and O–H groups in total. The summed E-state index contributed by atoms with van der Waals surface area (Å²) in [5.41, 5.74) is 7.80. The normalized spacial score (nSPS) is 14.7. The Hall–Kier alpha value is -4.26. The van der Waals surface area contributed by atoms with Gasteiger partial charge in [0.15, 0.2) is 5.65 Å². The number of para-hydroxylation sites is 1. The molecular weight excluding hydrogens is 486 g/mol. The number of hydrogen-bond acceptors (Lipinski definition) is 5. The van der Waals surface area contributed by atoms with E-state index in [1.54, 1.807) is 0 Å². The van der Waals surface area contributed by atoms with Crippen LogP contribution in [0.1, 0.15) is 50.8 Å². The van der Waals surface area contributed by atoms with Crippen molar-refractivity contribution in [2.45, 2.75) is 52.1 Å². The molecule has 1 aliphatic rings. The Morgan fingerprint density at radius 2 is 1.69 bits per heavy atom. The molecule has 0 saturated carbocycles. The zero-order valence-electron chi connectivity index (χ0n) is 22.9. The SMILES string of the molecule is Cc1cc(-c2cnn3cc(-c4ccc(C5CCN(C(=O)OC(C)(C)C)CC5)cc4)cnc23)c2ccccc2n1. The molecule has 198 valence electrons. The molecule has 2 aromatic carbocycles. The summed E-state index contributed by atoms with van der Waals surface area (Å²) < 4.78 is 7.39. The predicted molar refractivity (Wildman–Crippen MR) is 154 cm³/mol. The number of nitrogens with zero attached hydrogens (tertiary/aromatic N) is 5. The molecule has 39 heavy (non-hydrogen) atoms. The fourth-order valence-electron chi connectivity index (χ4n) is 5.41. The summed E-state index contributed by atoms with van der Waals surface area (Å²) in [5.74, 6) is 0.436. The fraction of sp³-hybridized carbons (Fsp3) is 0.312. The number of ether oxygens (including phenoxy) is 1. The van der Waals surface area contributed by atoms with Crippen LogP contribution in [0.5, 0.6) is 0 Å². The molecule has 0 radical (unpaired) electrons. The van der Waals surface area contributed by atoms with Crippen molar-refractivity contribution in [1.82, 2.24) is 24.5 Å². The van der Waals surface area contributed by atoms with Crippen LogP contribution in [0, 0.1) is 6.92 Å². The van der Waals surface area contributed by atoms with E-state index in [0.29, 0.717) is 5.92 Å². The molecule has 1 saturated heterocycles. The van der Waals surface area contributed by atoms with Crippen molar-refractivity contribution in [3.63, 3.8) is 0 Å². The van der Waals surface area contributed by atoms with Gasteiger partial charge >= 0.3 is 6.09 Å². The van der Waals surface area contributed by atoms with Crippen molar-refractivity contribution >= 4 is 22.6 Å². The molecule has 7 nitrogen and oxygen atoms in total. The molecule has 0 spiro atoms. The van der Waals surface area contributed by atoms with Crippen LogP contribution in [0.15, 0.2) is 73.2 Å². The van der Waals surface area contributed by atoms with E-state index < -0.39 is 5.60 Å². The van der Waals surface area contributed by atoms with Crippen LogP contribution in [0.3, 0.4) is 0 Å². The zero-order chi connectivity index (χ0) is 27.1. The van der Waals surface area contributed by atoms with E-state index >= 15 is 0 Å². The minimum Gasteiger partial charge on any atom is -0.444 e. The summed E-state index contributed by atoms with van der Waals surface area (Å²) in [7, 11) is 0. The predicted octanol–water partition coefficient (Wildman–Crippen LogP) is 7.03. The van der Waals surface area contributed by atoms with E-state index in [9.17, 15) is 4.79 Å². The Bertz CT molecular complexity index is 1660. The Morgan fingerprint density at radius 1 is 0.949 bits per heavy atom. The molecule has 6 rings (SSSR count).